The van der Waals surface area contributed by atoms with Crippen LogP contribution in [0.3, 0.4) is 0 Å². The van der Waals surface area contributed by atoms with Gasteiger partial charge in [-0.3, -0.25) is 4.79 Å². The lowest BCUT2D eigenvalue weighted by molar-refractivity contribution is -0.113. The smallest absolute Gasteiger partial charge is 0.255 e. The predicted octanol–water partition coefficient (Wildman–Crippen LogP) is 5.44. The third kappa shape index (κ3) is 4.51. The summed E-state index contributed by atoms with van der Waals surface area (Å²) in [6.07, 6.45) is 1.47. The second-order valence-electron chi connectivity index (χ2n) is 7.90. The molecular weight excluding hydrogens is 450 g/mol. The van der Waals surface area contributed by atoms with E-state index >= 15 is 0 Å². The summed E-state index contributed by atoms with van der Waals surface area (Å²) in [7, 11) is 0. The first kappa shape index (κ1) is 21.7. The van der Waals surface area contributed by atoms with E-state index in [1.54, 1.807) is 28.9 Å². The molecule has 0 bridgehead atoms. The lowest BCUT2D eigenvalue weighted by Gasteiger charge is -2.28. The molecule has 170 valence electrons. The normalized spacial score (nSPS) is 14.8. The minimum Gasteiger partial charge on any atom is -0.489 e. The average Bonchev–Trinajstić information content (AvgIpc) is 3.32. The number of nitrogens with one attached hydrogen (secondary N) is 2. The van der Waals surface area contributed by atoms with Crippen LogP contribution >= 0.6 is 11.6 Å². The van der Waals surface area contributed by atoms with Gasteiger partial charge in [0.2, 0.25) is 5.95 Å². The van der Waals surface area contributed by atoms with Crippen LogP contribution in [0.1, 0.15) is 24.1 Å². The van der Waals surface area contributed by atoms with Crippen molar-refractivity contribution in [2.24, 2.45) is 0 Å². The molecule has 34 heavy (non-hydrogen) atoms. The number of carbonyl (C=O) groups is 1. The molecule has 2 N–H and O–H groups in total. The molecule has 0 saturated carbocycles. The Bertz CT molecular complexity index is 1330. The van der Waals surface area contributed by atoms with Crippen molar-refractivity contribution in [1.82, 2.24) is 14.8 Å². The van der Waals surface area contributed by atoms with Crippen molar-refractivity contribution < 1.29 is 9.53 Å². The molecule has 0 spiro atoms. The number of anilines is 2. The molecule has 1 atom stereocenters. The van der Waals surface area contributed by atoms with Gasteiger partial charge in [-0.1, -0.05) is 54.1 Å². The number of carbonyl (C=O) groups excluding carboxylic acids is 1. The van der Waals surface area contributed by atoms with Gasteiger partial charge < -0.3 is 15.4 Å². The summed E-state index contributed by atoms with van der Waals surface area (Å²) in [6, 6.07) is 24.3. The van der Waals surface area contributed by atoms with Crippen molar-refractivity contribution >= 4 is 29.1 Å². The summed E-state index contributed by atoms with van der Waals surface area (Å²) in [5.74, 6) is 1.09. The zero-order valence-electron chi connectivity index (χ0n) is 18.4. The van der Waals surface area contributed by atoms with E-state index in [0.29, 0.717) is 34.5 Å². The van der Waals surface area contributed by atoms with Gasteiger partial charge in [0.1, 0.15) is 24.7 Å². The predicted molar refractivity (Wildman–Crippen MR) is 132 cm³/mol. The fraction of sp³-hybridized carbons (Fsp3) is 0.115. The van der Waals surface area contributed by atoms with E-state index in [-0.39, 0.29) is 5.91 Å². The molecular formula is C26H22ClN5O2. The van der Waals surface area contributed by atoms with Gasteiger partial charge >= 0.3 is 0 Å². The van der Waals surface area contributed by atoms with Crippen LogP contribution in [0.15, 0.2) is 96.5 Å². The molecule has 8 heteroatoms. The Morgan fingerprint density at radius 1 is 1.06 bits per heavy atom. The molecule has 0 unspecified atom stereocenters. The van der Waals surface area contributed by atoms with E-state index in [4.69, 9.17) is 16.3 Å². The van der Waals surface area contributed by atoms with Crippen molar-refractivity contribution in [2.75, 3.05) is 10.6 Å². The van der Waals surface area contributed by atoms with E-state index in [9.17, 15) is 4.79 Å². The lowest BCUT2D eigenvalue weighted by Crippen LogP contribution is -2.31. The van der Waals surface area contributed by atoms with Crippen LogP contribution < -0.4 is 15.4 Å². The molecule has 1 amide bonds. The SMILES string of the molecule is CC1=C(C(=O)Nc2ccc(Cl)cc2)[C@@H](c2ccc(OCc3ccccc3)cc2)n2ncnc2N1. The van der Waals surface area contributed by atoms with E-state index < -0.39 is 6.04 Å². The van der Waals surface area contributed by atoms with Crippen molar-refractivity contribution in [3.8, 4) is 5.75 Å². The highest BCUT2D eigenvalue weighted by molar-refractivity contribution is 6.30. The summed E-state index contributed by atoms with van der Waals surface area (Å²) in [5.41, 5.74) is 3.90. The second kappa shape index (κ2) is 9.41. The maximum absolute atomic E-state index is 13.4. The number of rotatable bonds is 6. The molecule has 5 rings (SSSR count). The number of nitrogens with zero attached hydrogens (tertiary/aromatic N) is 3. The fourth-order valence-electron chi connectivity index (χ4n) is 3.91. The summed E-state index contributed by atoms with van der Waals surface area (Å²) in [4.78, 5) is 17.7. The topological polar surface area (TPSA) is 81.1 Å². The monoisotopic (exact) mass is 471 g/mol. The van der Waals surface area contributed by atoms with Crippen molar-refractivity contribution in [3.05, 3.63) is 113 Å². The summed E-state index contributed by atoms with van der Waals surface area (Å²) in [5, 5.41) is 11.1. The van der Waals surface area contributed by atoms with E-state index in [1.165, 1.54) is 6.33 Å². The highest BCUT2D eigenvalue weighted by Gasteiger charge is 2.33. The van der Waals surface area contributed by atoms with E-state index in [1.807, 2.05) is 61.5 Å². The highest BCUT2D eigenvalue weighted by Crippen LogP contribution is 2.36. The molecule has 0 fully saturated rings. The summed E-state index contributed by atoms with van der Waals surface area (Å²) < 4.78 is 7.64. The van der Waals surface area contributed by atoms with Crippen molar-refractivity contribution in [2.45, 2.75) is 19.6 Å². The Morgan fingerprint density at radius 2 is 1.79 bits per heavy atom. The van der Waals surface area contributed by atoms with Crippen LogP contribution in [0.5, 0.6) is 5.75 Å². The van der Waals surface area contributed by atoms with E-state index in [2.05, 4.69) is 20.7 Å². The molecule has 3 aromatic carbocycles. The molecule has 0 radical (unpaired) electrons. The third-order valence-corrected chi connectivity index (χ3v) is 5.84. The van der Waals surface area contributed by atoms with Gasteiger partial charge in [0.25, 0.3) is 5.91 Å². The Labute approximate surface area is 202 Å². The number of hydrogen-bond acceptors (Lipinski definition) is 5. The van der Waals surface area contributed by atoms with Gasteiger partial charge in [-0.05, 0) is 54.4 Å². The van der Waals surface area contributed by atoms with Gasteiger partial charge in [-0.15, -0.1) is 0 Å². The first-order valence-electron chi connectivity index (χ1n) is 10.8. The minimum absolute atomic E-state index is 0.233. The number of allylic oxidation sites excluding steroid dienone is 1. The molecule has 0 aliphatic carbocycles. The molecule has 7 nitrogen and oxygen atoms in total. The van der Waals surface area contributed by atoms with Crippen LogP contribution in [0, 0.1) is 0 Å². The average molecular weight is 472 g/mol. The quantitative estimate of drug-likeness (QED) is 0.391. The van der Waals surface area contributed by atoms with Gasteiger partial charge in [0.05, 0.1) is 5.57 Å². The number of benzene rings is 3. The Hall–Kier alpha value is -4.10. The Morgan fingerprint density at radius 3 is 2.53 bits per heavy atom. The first-order chi connectivity index (χ1) is 16.6. The molecule has 4 aromatic rings. The number of hydrogen-bond donors (Lipinski definition) is 2. The van der Waals surface area contributed by atoms with Gasteiger partial charge in [-0.2, -0.15) is 10.1 Å². The van der Waals surface area contributed by atoms with Crippen molar-refractivity contribution in [1.29, 1.82) is 0 Å². The van der Waals surface area contributed by atoms with Crippen LogP contribution in [-0.2, 0) is 11.4 Å². The van der Waals surface area contributed by atoms with E-state index in [0.717, 1.165) is 16.9 Å². The first-order valence-corrected chi connectivity index (χ1v) is 11.2. The Kier molecular flexibility index (Phi) is 6.01. The molecule has 1 aromatic heterocycles. The summed E-state index contributed by atoms with van der Waals surface area (Å²) >= 11 is 5.98. The molecule has 1 aliphatic rings. The number of aromatic nitrogens is 3. The van der Waals surface area contributed by atoms with Crippen LogP contribution in [-0.4, -0.2) is 20.7 Å². The van der Waals surface area contributed by atoms with Gasteiger partial charge in [0.15, 0.2) is 0 Å². The van der Waals surface area contributed by atoms with Gasteiger partial charge in [0, 0.05) is 16.4 Å². The Balaban J connectivity index is 1.41. The molecule has 1 aliphatic heterocycles. The minimum atomic E-state index is -0.450. The van der Waals surface area contributed by atoms with Crippen LogP contribution in [0.2, 0.25) is 5.02 Å². The molecule has 2 heterocycles. The van der Waals surface area contributed by atoms with Crippen LogP contribution in [0.25, 0.3) is 0 Å². The summed E-state index contributed by atoms with van der Waals surface area (Å²) in [6.45, 7) is 2.34. The maximum Gasteiger partial charge on any atom is 0.255 e. The largest absolute Gasteiger partial charge is 0.489 e. The zero-order valence-corrected chi connectivity index (χ0v) is 19.2. The highest BCUT2D eigenvalue weighted by atomic mass is 35.5. The maximum atomic E-state index is 13.4. The third-order valence-electron chi connectivity index (χ3n) is 5.59. The standard InChI is InChI=1S/C26H22ClN5O2/c1-17-23(25(33)31-21-11-9-20(27)10-12-21)24(32-26(30-17)28-16-29-32)19-7-13-22(14-8-19)34-15-18-5-3-2-4-6-18/h2-14,16,24H,15H2,1H3,(H,31,33)(H,28,29,30)/t24-/m1/s1. The zero-order chi connectivity index (χ0) is 23.5. The molecule has 0 saturated heterocycles. The lowest BCUT2D eigenvalue weighted by atomic mass is 9.95. The van der Waals surface area contributed by atoms with Crippen LogP contribution in [0.4, 0.5) is 11.6 Å². The van der Waals surface area contributed by atoms with Crippen molar-refractivity contribution in [3.63, 3.8) is 0 Å². The number of halogens is 1. The number of fused-ring (bicyclic) bond motifs is 1. The number of ether oxygens (including phenoxy) is 1. The second-order valence-corrected chi connectivity index (χ2v) is 8.34. The van der Waals surface area contributed by atoms with Gasteiger partial charge in [-0.25, -0.2) is 4.68 Å². The number of amides is 1. The fourth-order valence-corrected chi connectivity index (χ4v) is 4.04.